The van der Waals surface area contributed by atoms with Crippen molar-refractivity contribution >= 4 is 0 Å². The van der Waals surface area contributed by atoms with Crippen LogP contribution in [0.15, 0.2) is 18.2 Å². The van der Waals surface area contributed by atoms with Crippen molar-refractivity contribution in [3.8, 4) is 11.5 Å². The molecule has 0 radical (unpaired) electrons. The lowest BCUT2D eigenvalue weighted by atomic mass is 10.1. The zero-order valence-corrected chi connectivity index (χ0v) is 10.6. The molecule has 1 aliphatic rings. The summed E-state index contributed by atoms with van der Waals surface area (Å²) in [6, 6.07) is 5.94. The SMILES string of the molecule is CN(Cc1ccc2c(c1)OCO2)CC(C)(C)O. The highest BCUT2D eigenvalue weighted by molar-refractivity contribution is 5.44. The third kappa shape index (κ3) is 3.35. The molecular formula is C13H19NO3. The lowest BCUT2D eigenvalue weighted by Crippen LogP contribution is -2.35. The number of benzene rings is 1. The lowest BCUT2D eigenvalue weighted by molar-refractivity contribution is 0.0425. The van der Waals surface area contributed by atoms with Gasteiger partial charge < -0.3 is 14.6 Å². The Balaban J connectivity index is 1.99. The van der Waals surface area contributed by atoms with Gasteiger partial charge in [-0.05, 0) is 38.6 Å². The zero-order valence-electron chi connectivity index (χ0n) is 10.6. The number of hydrogen-bond donors (Lipinski definition) is 1. The summed E-state index contributed by atoms with van der Waals surface area (Å²) in [7, 11) is 1.99. The maximum Gasteiger partial charge on any atom is 0.231 e. The van der Waals surface area contributed by atoms with Crippen LogP contribution in [-0.4, -0.2) is 36.0 Å². The van der Waals surface area contributed by atoms with Gasteiger partial charge in [-0.25, -0.2) is 0 Å². The van der Waals surface area contributed by atoms with Gasteiger partial charge in [0.1, 0.15) is 0 Å². The van der Waals surface area contributed by atoms with Crippen LogP contribution in [0.3, 0.4) is 0 Å². The monoisotopic (exact) mass is 237 g/mol. The van der Waals surface area contributed by atoms with Gasteiger partial charge in [0.25, 0.3) is 0 Å². The number of fused-ring (bicyclic) bond motifs is 1. The van der Waals surface area contributed by atoms with Crippen LogP contribution in [0.25, 0.3) is 0 Å². The van der Waals surface area contributed by atoms with E-state index in [4.69, 9.17) is 9.47 Å². The van der Waals surface area contributed by atoms with Gasteiger partial charge in [-0.3, -0.25) is 4.90 Å². The van der Waals surface area contributed by atoms with Gasteiger partial charge in [0.05, 0.1) is 5.60 Å². The van der Waals surface area contributed by atoms with E-state index in [1.165, 1.54) is 0 Å². The van der Waals surface area contributed by atoms with E-state index in [-0.39, 0.29) is 0 Å². The van der Waals surface area contributed by atoms with Crippen LogP contribution in [0.4, 0.5) is 0 Å². The average Bonchev–Trinajstić information content (AvgIpc) is 2.61. The number of rotatable bonds is 4. The van der Waals surface area contributed by atoms with E-state index in [2.05, 4.69) is 4.90 Å². The van der Waals surface area contributed by atoms with Gasteiger partial charge in [0.2, 0.25) is 6.79 Å². The Morgan fingerprint density at radius 2 is 2.00 bits per heavy atom. The molecule has 0 saturated carbocycles. The van der Waals surface area contributed by atoms with Crippen LogP contribution in [-0.2, 0) is 6.54 Å². The number of likely N-dealkylation sites (N-methyl/N-ethyl adjacent to an activating group) is 1. The van der Waals surface area contributed by atoms with E-state index >= 15 is 0 Å². The van der Waals surface area contributed by atoms with Crippen molar-refractivity contribution in [2.75, 3.05) is 20.4 Å². The first kappa shape index (κ1) is 12.2. The lowest BCUT2D eigenvalue weighted by Gasteiger charge is -2.25. The van der Waals surface area contributed by atoms with Crippen molar-refractivity contribution in [1.82, 2.24) is 4.90 Å². The molecule has 0 aliphatic carbocycles. The number of nitrogens with zero attached hydrogens (tertiary/aromatic N) is 1. The van der Waals surface area contributed by atoms with Crippen molar-refractivity contribution in [3.63, 3.8) is 0 Å². The molecule has 0 spiro atoms. The van der Waals surface area contributed by atoms with Crippen molar-refractivity contribution in [2.24, 2.45) is 0 Å². The van der Waals surface area contributed by atoms with Crippen LogP contribution in [0.1, 0.15) is 19.4 Å². The summed E-state index contributed by atoms with van der Waals surface area (Å²) >= 11 is 0. The van der Waals surface area contributed by atoms with Gasteiger partial charge in [-0.15, -0.1) is 0 Å². The smallest absolute Gasteiger partial charge is 0.231 e. The van der Waals surface area contributed by atoms with Crippen molar-refractivity contribution in [2.45, 2.75) is 26.0 Å². The molecule has 1 aliphatic heterocycles. The summed E-state index contributed by atoms with van der Waals surface area (Å²) in [5.41, 5.74) is 0.478. The molecule has 4 heteroatoms. The van der Waals surface area contributed by atoms with Crippen molar-refractivity contribution in [3.05, 3.63) is 23.8 Å². The topological polar surface area (TPSA) is 41.9 Å². The summed E-state index contributed by atoms with van der Waals surface area (Å²) in [6.07, 6.45) is 0. The third-order valence-corrected chi connectivity index (χ3v) is 2.55. The Morgan fingerprint density at radius 1 is 1.29 bits per heavy atom. The fourth-order valence-electron chi connectivity index (χ4n) is 2.07. The second-order valence-electron chi connectivity index (χ2n) is 5.17. The molecule has 0 atom stereocenters. The number of ether oxygens (including phenoxy) is 2. The number of hydrogen-bond acceptors (Lipinski definition) is 4. The minimum Gasteiger partial charge on any atom is -0.454 e. The van der Waals surface area contributed by atoms with Crippen molar-refractivity contribution in [1.29, 1.82) is 0 Å². The van der Waals surface area contributed by atoms with E-state index in [1.54, 1.807) is 0 Å². The molecule has 0 unspecified atom stereocenters. The largest absolute Gasteiger partial charge is 0.454 e. The van der Waals surface area contributed by atoms with Crippen LogP contribution in [0.2, 0.25) is 0 Å². The molecule has 4 nitrogen and oxygen atoms in total. The van der Waals surface area contributed by atoms with Gasteiger partial charge in [-0.1, -0.05) is 6.07 Å². The van der Waals surface area contributed by atoms with Crippen LogP contribution in [0, 0.1) is 0 Å². The first-order valence-corrected chi connectivity index (χ1v) is 5.73. The molecule has 0 amide bonds. The summed E-state index contributed by atoms with van der Waals surface area (Å²) < 4.78 is 10.6. The summed E-state index contributed by atoms with van der Waals surface area (Å²) in [6.45, 7) is 5.33. The molecule has 94 valence electrons. The van der Waals surface area contributed by atoms with Gasteiger partial charge >= 0.3 is 0 Å². The Bertz CT molecular complexity index is 398. The van der Waals surface area contributed by atoms with E-state index in [9.17, 15) is 5.11 Å². The Hall–Kier alpha value is -1.26. The van der Waals surface area contributed by atoms with Crippen LogP contribution >= 0.6 is 0 Å². The second kappa shape index (κ2) is 4.55. The molecule has 2 rings (SSSR count). The van der Waals surface area contributed by atoms with E-state index in [0.29, 0.717) is 13.3 Å². The van der Waals surface area contributed by atoms with Crippen molar-refractivity contribution < 1.29 is 14.6 Å². The normalized spacial score (nSPS) is 14.4. The molecule has 17 heavy (non-hydrogen) atoms. The summed E-state index contributed by atoms with van der Waals surface area (Å²) in [4.78, 5) is 2.08. The highest BCUT2D eigenvalue weighted by Crippen LogP contribution is 2.32. The predicted octanol–water partition coefficient (Wildman–Crippen LogP) is 1.62. The minimum atomic E-state index is -0.676. The first-order chi connectivity index (χ1) is 7.94. The molecule has 0 bridgehead atoms. The Kier molecular flexibility index (Phi) is 3.26. The second-order valence-corrected chi connectivity index (χ2v) is 5.17. The fraction of sp³-hybridized carbons (Fsp3) is 0.538. The molecule has 1 aromatic carbocycles. The highest BCUT2D eigenvalue weighted by Gasteiger charge is 2.17. The van der Waals surface area contributed by atoms with Gasteiger partial charge in [-0.2, -0.15) is 0 Å². The molecule has 1 N–H and O–H groups in total. The summed E-state index contributed by atoms with van der Waals surface area (Å²) in [5.74, 6) is 1.61. The van der Waals surface area contributed by atoms with Gasteiger partial charge in [0, 0.05) is 13.1 Å². The molecular weight excluding hydrogens is 218 g/mol. The van der Waals surface area contributed by atoms with Crippen LogP contribution < -0.4 is 9.47 Å². The maximum atomic E-state index is 9.73. The van der Waals surface area contributed by atoms with E-state index in [0.717, 1.165) is 23.6 Å². The zero-order chi connectivity index (χ0) is 12.5. The third-order valence-electron chi connectivity index (χ3n) is 2.55. The van der Waals surface area contributed by atoms with E-state index in [1.807, 2.05) is 39.1 Å². The highest BCUT2D eigenvalue weighted by atomic mass is 16.7. The fourth-order valence-corrected chi connectivity index (χ4v) is 2.07. The quantitative estimate of drug-likeness (QED) is 0.864. The average molecular weight is 237 g/mol. The van der Waals surface area contributed by atoms with E-state index < -0.39 is 5.60 Å². The molecule has 0 aromatic heterocycles. The molecule has 1 heterocycles. The number of aliphatic hydroxyl groups is 1. The first-order valence-electron chi connectivity index (χ1n) is 5.73. The van der Waals surface area contributed by atoms with Crippen LogP contribution in [0.5, 0.6) is 11.5 Å². The maximum absolute atomic E-state index is 9.73. The molecule has 0 fully saturated rings. The Labute approximate surface area is 102 Å². The molecule has 0 saturated heterocycles. The van der Waals surface area contributed by atoms with Gasteiger partial charge in [0.15, 0.2) is 11.5 Å². The minimum absolute atomic E-state index is 0.304. The standard InChI is InChI=1S/C13H19NO3/c1-13(2,15)8-14(3)7-10-4-5-11-12(6-10)17-9-16-11/h4-6,15H,7-9H2,1-3H3. The Morgan fingerprint density at radius 3 is 2.71 bits per heavy atom. The summed E-state index contributed by atoms with van der Waals surface area (Å²) in [5, 5.41) is 9.73. The predicted molar refractivity (Wildman–Crippen MR) is 65.2 cm³/mol. The molecule has 1 aromatic rings.